The van der Waals surface area contributed by atoms with Gasteiger partial charge in [0.25, 0.3) is 5.91 Å². The van der Waals surface area contributed by atoms with Crippen LogP contribution < -0.4 is 5.32 Å². The van der Waals surface area contributed by atoms with Gasteiger partial charge in [0.1, 0.15) is 6.04 Å². The molecule has 7 nitrogen and oxygen atoms in total. The number of hydrogen-bond acceptors (Lipinski definition) is 4. The van der Waals surface area contributed by atoms with Crippen LogP contribution in [0.15, 0.2) is 22.8 Å². The van der Waals surface area contributed by atoms with Gasteiger partial charge in [0, 0.05) is 20.1 Å². The molecule has 0 spiro atoms. The summed E-state index contributed by atoms with van der Waals surface area (Å²) >= 11 is 0. The van der Waals surface area contributed by atoms with E-state index in [0.717, 1.165) is 0 Å². The topological polar surface area (TPSA) is 82.9 Å². The van der Waals surface area contributed by atoms with E-state index in [0.29, 0.717) is 19.5 Å². The fraction of sp³-hybridized carbons (Fsp3) is 0.500. The van der Waals surface area contributed by atoms with Crippen molar-refractivity contribution in [2.24, 2.45) is 0 Å². The molecular formula is C14H19N3O4. The Morgan fingerprint density at radius 2 is 2.29 bits per heavy atom. The van der Waals surface area contributed by atoms with E-state index < -0.39 is 6.04 Å². The largest absolute Gasteiger partial charge is 0.459 e. The molecular weight excluding hydrogens is 274 g/mol. The molecule has 7 heteroatoms. The molecule has 1 fully saturated rings. The van der Waals surface area contributed by atoms with Crippen LogP contribution in [0.25, 0.3) is 0 Å². The number of likely N-dealkylation sites (N-methyl/N-ethyl adjacent to an activating group) is 1. The predicted octanol–water partition coefficient (Wildman–Crippen LogP) is 0.0886. The Labute approximate surface area is 122 Å². The lowest BCUT2D eigenvalue weighted by Crippen LogP contribution is -2.58. The van der Waals surface area contributed by atoms with Gasteiger partial charge < -0.3 is 19.5 Å². The highest BCUT2D eigenvalue weighted by atomic mass is 16.3. The fourth-order valence-electron chi connectivity index (χ4n) is 2.37. The molecule has 0 aliphatic carbocycles. The molecule has 1 saturated heterocycles. The first-order chi connectivity index (χ1) is 10.0. The first-order valence-electron chi connectivity index (χ1n) is 6.90. The Hall–Kier alpha value is -2.31. The lowest BCUT2D eigenvalue weighted by atomic mass is 10.1. The minimum Gasteiger partial charge on any atom is -0.459 e. The highest BCUT2D eigenvalue weighted by molar-refractivity contribution is 5.95. The van der Waals surface area contributed by atoms with Gasteiger partial charge in [-0.15, -0.1) is 0 Å². The van der Waals surface area contributed by atoms with Crippen LogP contribution in [-0.2, 0) is 9.59 Å². The van der Waals surface area contributed by atoms with E-state index in [4.69, 9.17) is 4.42 Å². The monoisotopic (exact) mass is 293 g/mol. The first-order valence-corrected chi connectivity index (χ1v) is 6.90. The molecule has 2 heterocycles. The maximum atomic E-state index is 12.3. The van der Waals surface area contributed by atoms with Crippen molar-refractivity contribution in [1.82, 2.24) is 15.1 Å². The second-order valence-corrected chi connectivity index (χ2v) is 4.94. The highest BCUT2D eigenvalue weighted by Gasteiger charge is 2.32. The highest BCUT2D eigenvalue weighted by Crippen LogP contribution is 2.10. The van der Waals surface area contributed by atoms with Crippen LogP contribution in [-0.4, -0.2) is 60.2 Å². The molecule has 1 aliphatic rings. The van der Waals surface area contributed by atoms with Gasteiger partial charge in [-0.3, -0.25) is 14.4 Å². The van der Waals surface area contributed by atoms with Gasteiger partial charge in [0.2, 0.25) is 11.8 Å². The first kappa shape index (κ1) is 15.1. The Balaban J connectivity index is 2.00. The summed E-state index contributed by atoms with van der Waals surface area (Å²) in [6.07, 6.45) is 1.96. The molecule has 1 N–H and O–H groups in total. The Morgan fingerprint density at radius 1 is 1.52 bits per heavy atom. The third-order valence-corrected chi connectivity index (χ3v) is 3.49. The second-order valence-electron chi connectivity index (χ2n) is 4.94. The number of hydrogen-bond donors (Lipinski definition) is 1. The molecule has 2 rings (SSSR count). The van der Waals surface area contributed by atoms with Crippen molar-refractivity contribution in [3.63, 3.8) is 0 Å². The van der Waals surface area contributed by atoms with Crippen molar-refractivity contribution in [1.29, 1.82) is 0 Å². The van der Waals surface area contributed by atoms with Gasteiger partial charge in [-0.1, -0.05) is 6.92 Å². The molecule has 0 radical (unpaired) electrons. The Bertz CT molecular complexity index is 526. The molecule has 1 aliphatic heterocycles. The van der Waals surface area contributed by atoms with Crippen LogP contribution in [0, 0.1) is 0 Å². The normalized spacial score (nSPS) is 18.3. The maximum Gasteiger partial charge on any atom is 0.289 e. The third kappa shape index (κ3) is 3.24. The molecule has 1 aromatic heterocycles. The van der Waals surface area contributed by atoms with E-state index in [9.17, 15) is 14.4 Å². The summed E-state index contributed by atoms with van der Waals surface area (Å²) in [6.45, 7) is 2.68. The Kier molecular flexibility index (Phi) is 4.62. The zero-order valence-corrected chi connectivity index (χ0v) is 12.2. The van der Waals surface area contributed by atoms with Gasteiger partial charge in [-0.05, 0) is 18.6 Å². The number of carbonyl (C=O) groups is 3. The zero-order valence-electron chi connectivity index (χ0n) is 12.2. The smallest absolute Gasteiger partial charge is 0.289 e. The molecule has 114 valence electrons. The molecule has 3 amide bonds. The number of amides is 3. The fourth-order valence-corrected chi connectivity index (χ4v) is 2.37. The molecule has 1 atom stereocenters. The van der Waals surface area contributed by atoms with E-state index in [1.54, 1.807) is 12.1 Å². The van der Waals surface area contributed by atoms with E-state index in [-0.39, 0.29) is 30.0 Å². The number of carbonyl (C=O) groups excluding carboxylic acids is 3. The van der Waals surface area contributed by atoms with Crippen LogP contribution in [0.5, 0.6) is 0 Å². The zero-order chi connectivity index (χ0) is 15.4. The molecule has 0 aromatic carbocycles. The van der Waals surface area contributed by atoms with Gasteiger partial charge in [0.15, 0.2) is 5.76 Å². The van der Waals surface area contributed by atoms with Crippen LogP contribution in [0.3, 0.4) is 0 Å². The summed E-state index contributed by atoms with van der Waals surface area (Å²) in [5.74, 6) is -0.548. The molecule has 21 heavy (non-hydrogen) atoms. The summed E-state index contributed by atoms with van der Waals surface area (Å²) in [5.41, 5.74) is 0. The number of rotatable bonds is 4. The number of nitrogens with one attached hydrogen (secondary N) is 1. The van der Waals surface area contributed by atoms with Gasteiger partial charge in [-0.25, -0.2) is 0 Å². The van der Waals surface area contributed by atoms with Gasteiger partial charge in [-0.2, -0.15) is 0 Å². The third-order valence-electron chi connectivity index (χ3n) is 3.49. The number of furan rings is 1. The standard InChI is InChI=1S/C14H19N3O4/c1-3-10-13(19)15-6-7-17(10)12(18)9-16(2)14(20)11-5-4-8-21-11/h4-5,8,10H,3,6-7,9H2,1-2H3,(H,15,19). The van der Waals surface area contributed by atoms with Crippen molar-refractivity contribution in [2.45, 2.75) is 19.4 Å². The Morgan fingerprint density at radius 3 is 2.90 bits per heavy atom. The maximum absolute atomic E-state index is 12.3. The van der Waals surface area contributed by atoms with Crippen LogP contribution in [0.2, 0.25) is 0 Å². The minimum atomic E-state index is -0.460. The molecule has 1 unspecified atom stereocenters. The van der Waals surface area contributed by atoms with E-state index in [2.05, 4.69) is 5.32 Å². The second kappa shape index (κ2) is 6.43. The van der Waals surface area contributed by atoms with Crippen molar-refractivity contribution >= 4 is 17.7 Å². The van der Waals surface area contributed by atoms with E-state index >= 15 is 0 Å². The summed E-state index contributed by atoms with van der Waals surface area (Å²) in [5, 5.41) is 2.74. The average molecular weight is 293 g/mol. The SMILES string of the molecule is CCC1C(=O)NCCN1C(=O)CN(C)C(=O)c1ccco1. The lowest BCUT2D eigenvalue weighted by molar-refractivity contribution is -0.143. The number of nitrogens with zero attached hydrogens (tertiary/aromatic N) is 2. The number of piperazine rings is 1. The van der Waals surface area contributed by atoms with Crippen molar-refractivity contribution in [2.75, 3.05) is 26.7 Å². The van der Waals surface area contributed by atoms with Crippen molar-refractivity contribution < 1.29 is 18.8 Å². The summed E-state index contributed by atoms with van der Waals surface area (Å²) in [7, 11) is 1.54. The lowest BCUT2D eigenvalue weighted by Gasteiger charge is -2.35. The average Bonchev–Trinajstić information content (AvgIpc) is 3.00. The van der Waals surface area contributed by atoms with Crippen LogP contribution in [0.1, 0.15) is 23.9 Å². The molecule has 0 bridgehead atoms. The van der Waals surface area contributed by atoms with Crippen LogP contribution in [0.4, 0.5) is 0 Å². The summed E-state index contributed by atoms with van der Waals surface area (Å²) < 4.78 is 5.02. The van der Waals surface area contributed by atoms with E-state index in [1.807, 2.05) is 6.92 Å². The van der Waals surface area contributed by atoms with Gasteiger partial charge in [0.05, 0.1) is 12.8 Å². The van der Waals surface area contributed by atoms with E-state index in [1.165, 1.54) is 23.1 Å². The summed E-state index contributed by atoms with van der Waals surface area (Å²) in [6, 6.07) is 2.70. The molecule has 1 aromatic rings. The molecule has 0 saturated carbocycles. The van der Waals surface area contributed by atoms with Crippen molar-refractivity contribution in [3.05, 3.63) is 24.2 Å². The quantitative estimate of drug-likeness (QED) is 0.853. The minimum absolute atomic E-state index is 0.0800. The van der Waals surface area contributed by atoms with Crippen LogP contribution >= 0.6 is 0 Å². The van der Waals surface area contributed by atoms with Crippen molar-refractivity contribution in [3.8, 4) is 0 Å². The summed E-state index contributed by atoms with van der Waals surface area (Å²) in [4.78, 5) is 38.9. The predicted molar refractivity (Wildman–Crippen MR) is 74.5 cm³/mol. The van der Waals surface area contributed by atoms with Gasteiger partial charge >= 0.3 is 0 Å².